The lowest BCUT2D eigenvalue weighted by Crippen LogP contribution is -2.08. The van der Waals surface area contributed by atoms with Crippen LogP contribution in [0.25, 0.3) is 0 Å². The third-order valence-electron chi connectivity index (χ3n) is 3.13. The summed E-state index contributed by atoms with van der Waals surface area (Å²) < 4.78 is 0. The molecule has 1 aliphatic heterocycles. The van der Waals surface area contributed by atoms with Crippen LogP contribution in [0.1, 0.15) is 45.4 Å². The minimum absolute atomic E-state index is 0.961. The molecule has 0 bridgehead atoms. The summed E-state index contributed by atoms with van der Waals surface area (Å²) in [5.41, 5.74) is 0. The topological polar surface area (TPSA) is 0 Å². The molecular weight excluding hydrogens is 152 g/mol. The normalized spacial score (nSPS) is 45.0. The third kappa shape index (κ3) is 1.74. The Balaban J connectivity index is 1.96. The Kier molecular flexibility index (Phi) is 2.45. The molecule has 11 heavy (non-hydrogen) atoms. The van der Waals surface area contributed by atoms with Gasteiger partial charge < -0.3 is 0 Å². The smallest absolute Gasteiger partial charge is 0.00784 e. The average molecular weight is 170 g/mol. The van der Waals surface area contributed by atoms with E-state index in [1.165, 1.54) is 38.5 Å². The Morgan fingerprint density at radius 3 is 2.82 bits per heavy atom. The van der Waals surface area contributed by atoms with Crippen molar-refractivity contribution in [3.63, 3.8) is 0 Å². The largest absolute Gasteiger partial charge is 0.155 e. The Hall–Kier alpha value is 0.350. The molecule has 0 aromatic carbocycles. The van der Waals surface area contributed by atoms with E-state index in [1.54, 1.807) is 0 Å². The summed E-state index contributed by atoms with van der Waals surface area (Å²) in [6.07, 6.45) is 9.06. The molecule has 1 aliphatic carbocycles. The van der Waals surface area contributed by atoms with Crippen LogP contribution in [0.5, 0.6) is 0 Å². The van der Waals surface area contributed by atoms with Crippen molar-refractivity contribution in [2.75, 3.05) is 0 Å². The summed E-state index contributed by atoms with van der Waals surface area (Å²) in [6.45, 7) is 2.40. The summed E-state index contributed by atoms with van der Waals surface area (Å²) in [6, 6.07) is 0. The van der Waals surface area contributed by atoms with Crippen molar-refractivity contribution in [1.29, 1.82) is 0 Å². The minimum atomic E-state index is 0.961. The molecule has 0 aromatic rings. The van der Waals surface area contributed by atoms with Gasteiger partial charge in [-0.25, -0.2) is 0 Å². The molecule has 3 atom stereocenters. The molecule has 0 nitrogen and oxygen atoms in total. The Labute approximate surface area is 74.1 Å². The molecule has 0 spiro atoms. The first kappa shape index (κ1) is 7.97. The maximum atomic E-state index is 2.40. The van der Waals surface area contributed by atoms with Crippen LogP contribution in [0, 0.1) is 5.92 Å². The Morgan fingerprint density at radius 2 is 1.91 bits per heavy atom. The molecule has 2 rings (SSSR count). The quantitative estimate of drug-likeness (QED) is 0.536. The number of thioether (sulfide) groups is 1. The first-order chi connectivity index (χ1) is 5.36. The highest BCUT2D eigenvalue weighted by Gasteiger charge is 2.32. The molecular formula is C10H18S. The van der Waals surface area contributed by atoms with Gasteiger partial charge in [-0.2, -0.15) is 11.8 Å². The van der Waals surface area contributed by atoms with E-state index in [2.05, 4.69) is 18.7 Å². The second-order valence-corrected chi connectivity index (χ2v) is 5.80. The van der Waals surface area contributed by atoms with E-state index in [4.69, 9.17) is 0 Å². The predicted molar refractivity (Wildman–Crippen MR) is 52.0 cm³/mol. The van der Waals surface area contributed by atoms with Crippen molar-refractivity contribution in [3.05, 3.63) is 0 Å². The van der Waals surface area contributed by atoms with Gasteiger partial charge in [0.15, 0.2) is 0 Å². The monoisotopic (exact) mass is 170 g/mol. The van der Waals surface area contributed by atoms with Gasteiger partial charge in [-0.15, -0.1) is 0 Å². The van der Waals surface area contributed by atoms with E-state index < -0.39 is 0 Å². The molecule has 64 valence electrons. The van der Waals surface area contributed by atoms with Crippen LogP contribution < -0.4 is 0 Å². The standard InChI is InChI=1S/C10H18S/c1-8-7-9-5-3-2-4-6-10(9)11-8/h8-10H,2-7H2,1H3/t8?,9?,10-/m0/s1. The van der Waals surface area contributed by atoms with E-state index in [0.717, 1.165) is 16.4 Å². The van der Waals surface area contributed by atoms with Gasteiger partial charge in [0.25, 0.3) is 0 Å². The maximum absolute atomic E-state index is 2.40. The molecule has 1 heteroatoms. The number of fused-ring (bicyclic) bond motifs is 1. The highest BCUT2D eigenvalue weighted by Crippen LogP contribution is 2.44. The molecule has 0 aromatic heterocycles. The number of rotatable bonds is 0. The first-order valence-corrected chi connectivity index (χ1v) is 5.96. The van der Waals surface area contributed by atoms with Gasteiger partial charge in [-0.3, -0.25) is 0 Å². The van der Waals surface area contributed by atoms with Gasteiger partial charge in [-0.05, 0) is 25.2 Å². The fourth-order valence-corrected chi connectivity index (χ4v) is 4.31. The second-order valence-electron chi connectivity index (χ2n) is 4.12. The van der Waals surface area contributed by atoms with Crippen molar-refractivity contribution in [1.82, 2.24) is 0 Å². The molecule has 0 amide bonds. The maximum Gasteiger partial charge on any atom is 0.00784 e. The van der Waals surface area contributed by atoms with Gasteiger partial charge in [0, 0.05) is 10.5 Å². The zero-order valence-corrected chi connectivity index (χ0v) is 8.20. The highest BCUT2D eigenvalue weighted by atomic mass is 32.2. The summed E-state index contributed by atoms with van der Waals surface area (Å²) >= 11 is 2.26. The lowest BCUT2D eigenvalue weighted by atomic mass is 9.95. The van der Waals surface area contributed by atoms with Crippen LogP contribution in [0.2, 0.25) is 0 Å². The number of hydrogen-bond donors (Lipinski definition) is 0. The van der Waals surface area contributed by atoms with E-state index >= 15 is 0 Å². The van der Waals surface area contributed by atoms with Crippen LogP contribution >= 0.6 is 11.8 Å². The van der Waals surface area contributed by atoms with Crippen molar-refractivity contribution >= 4 is 11.8 Å². The summed E-state index contributed by atoms with van der Waals surface area (Å²) in [7, 11) is 0. The molecule has 0 radical (unpaired) electrons. The van der Waals surface area contributed by atoms with E-state index in [-0.39, 0.29) is 0 Å². The predicted octanol–water partition coefficient (Wildman–Crippen LogP) is 3.46. The van der Waals surface area contributed by atoms with Gasteiger partial charge in [0.05, 0.1) is 0 Å². The first-order valence-electron chi connectivity index (χ1n) is 5.02. The molecule has 1 saturated carbocycles. The van der Waals surface area contributed by atoms with E-state index in [0.29, 0.717) is 0 Å². The fraction of sp³-hybridized carbons (Fsp3) is 1.00. The van der Waals surface area contributed by atoms with Gasteiger partial charge in [-0.1, -0.05) is 26.2 Å². The Bertz CT molecular complexity index is 119. The van der Waals surface area contributed by atoms with Crippen LogP contribution in [0.15, 0.2) is 0 Å². The van der Waals surface area contributed by atoms with Gasteiger partial charge in [0.1, 0.15) is 0 Å². The molecule has 2 fully saturated rings. The lowest BCUT2D eigenvalue weighted by Gasteiger charge is -2.13. The lowest BCUT2D eigenvalue weighted by molar-refractivity contribution is 0.465. The van der Waals surface area contributed by atoms with Crippen molar-refractivity contribution < 1.29 is 0 Å². The second kappa shape index (κ2) is 3.38. The third-order valence-corrected chi connectivity index (χ3v) is 4.76. The molecule has 1 saturated heterocycles. The van der Waals surface area contributed by atoms with Crippen LogP contribution in [0.4, 0.5) is 0 Å². The number of hydrogen-bond acceptors (Lipinski definition) is 1. The van der Waals surface area contributed by atoms with E-state index in [1.807, 2.05) is 0 Å². The Morgan fingerprint density at radius 1 is 1.09 bits per heavy atom. The minimum Gasteiger partial charge on any atom is -0.155 e. The fourth-order valence-electron chi connectivity index (χ4n) is 2.58. The van der Waals surface area contributed by atoms with Crippen molar-refractivity contribution in [2.45, 2.75) is 55.9 Å². The summed E-state index contributed by atoms with van der Waals surface area (Å²) in [4.78, 5) is 0. The zero-order chi connectivity index (χ0) is 7.68. The zero-order valence-electron chi connectivity index (χ0n) is 7.38. The van der Waals surface area contributed by atoms with Crippen LogP contribution in [-0.4, -0.2) is 10.5 Å². The van der Waals surface area contributed by atoms with E-state index in [9.17, 15) is 0 Å². The van der Waals surface area contributed by atoms with Crippen molar-refractivity contribution in [3.8, 4) is 0 Å². The van der Waals surface area contributed by atoms with Gasteiger partial charge in [0.2, 0.25) is 0 Å². The summed E-state index contributed by atoms with van der Waals surface area (Å²) in [5.74, 6) is 1.09. The SMILES string of the molecule is CC1CC2CCCCC[C@@H]2S1. The van der Waals surface area contributed by atoms with Gasteiger partial charge >= 0.3 is 0 Å². The van der Waals surface area contributed by atoms with Crippen molar-refractivity contribution in [2.24, 2.45) is 5.92 Å². The molecule has 2 unspecified atom stereocenters. The average Bonchev–Trinajstić information content (AvgIpc) is 2.17. The van der Waals surface area contributed by atoms with Crippen LogP contribution in [0.3, 0.4) is 0 Å². The summed E-state index contributed by atoms with van der Waals surface area (Å²) in [5, 5.41) is 2.01. The molecule has 0 N–H and O–H groups in total. The highest BCUT2D eigenvalue weighted by molar-refractivity contribution is 8.00. The van der Waals surface area contributed by atoms with Crippen LogP contribution in [-0.2, 0) is 0 Å². The molecule has 2 aliphatic rings. The molecule has 1 heterocycles.